The maximum atomic E-state index is 12.3. The number of rotatable bonds is 5. The first-order chi connectivity index (χ1) is 11.6. The van der Waals surface area contributed by atoms with E-state index in [1.807, 2.05) is 4.90 Å². The molecule has 132 valence electrons. The van der Waals surface area contributed by atoms with Crippen LogP contribution in [0.5, 0.6) is 0 Å². The Kier molecular flexibility index (Phi) is 5.62. The van der Waals surface area contributed by atoms with Gasteiger partial charge in [0, 0.05) is 38.6 Å². The maximum absolute atomic E-state index is 12.3. The van der Waals surface area contributed by atoms with Gasteiger partial charge in [-0.1, -0.05) is 11.3 Å². The summed E-state index contributed by atoms with van der Waals surface area (Å²) in [5.74, 6) is 0.106. The number of nitrogens with one attached hydrogen (secondary N) is 1. The highest BCUT2D eigenvalue weighted by Crippen LogP contribution is 2.21. The van der Waals surface area contributed by atoms with Crippen LogP contribution in [0.1, 0.15) is 30.7 Å². The van der Waals surface area contributed by atoms with Gasteiger partial charge in [0.05, 0.1) is 0 Å². The number of nitrogen functional groups attached to an aromatic ring is 1. The molecule has 0 radical (unpaired) electrons. The number of anilines is 1. The number of aromatic nitrogens is 2. The molecule has 9 heteroatoms. The summed E-state index contributed by atoms with van der Waals surface area (Å²) in [4.78, 5) is 26.4. The molecule has 0 bridgehead atoms. The Morgan fingerprint density at radius 2 is 2.08 bits per heavy atom. The Morgan fingerprint density at radius 3 is 2.71 bits per heavy atom. The first-order valence-corrected chi connectivity index (χ1v) is 9.21. The molecule has 3 N–H and O–H groups in total. The molecule has 0 aromatic carbocycles. The van der Waals surface area contributed by atoms with Crippen molar-refractivity contribution in [2.75, 3.05) is 32.0 Å². The van der Waals surface area contributed by atoms with Gasteiger partial charge in [-0.05, 0) is 25.7 Å². The minimum atomic E-state index is -0.269. The molecule has 2 aliphatic heterocycles. The number of carbonyl (C=O) groups is 2. The van der Waals surface area contributed by atoms with Crippen molar-refractivity contribution in [1.29, 1.82) is 0 Å². The quantitative estimate of drug-likeness (QED) is 0.782. The van der Waals surface area contributed by atoms with Crippen molar-refractivity contribution in [1.82, 2.24) is 20.4 Å². The number of nitrogens with zero attached hydrogens (tertiary/aromatic N) is 3. The highest BCUT2D eigenvalue weighted by Gasteiger charge is 2.32. The number of amides is 2. The molecule has 3 rings (SSSR count). The normalized spacial score (nSPS) is 21.8. The van der Waals surface area contributed by atoms with Gasteiger partial charge in [-0.25, -0.2) is 0 Å². The van der Waals surface area contributed by atoms with E-state index in [0.717, 1.165) is 17.8 Å². The van der Waals surface area contributed by atoms with Gasteiger partial charge < -0.3 is 20.7 Å². The van der Waals surface area contributed by atoms with E-state index in [9.17, 15) is 9.59 Å². The van der Waals surface area contributed by atoms with Crippen LogP contribution in [0.3, 0.4) is 0 Å². The van der Waals surface area contributed by atoms with Gasteiger partial charge in [0.25, 0.3) is 5.91 Å². The maximum Gasteiger partial charge on any atom is 0.251 e. The number of carbonyl (C=O) groups excluding carboxylic acids is 2. The molecule has 2 fully saturated rings. The summed E-state index contributed by atoms with van der Waals surface area (Å²) in [7, 11) is 0. The third-order valence-electron chi connectivity index (χ3n) is 4.50. The van der Waals surface area contributed by atoms with E-state index < -0.39 is 0 Å². The summed E-state index contributed by atoms with van der Waals surface area (Å²) < 4.78 is 5.45. The molecule has 1 aromatic heterocycles. The van der Waals surface area contributed by atoms with Crippen LogP contribution in [0.25, 0.3) is 0 Å². The van der Waals surface area contributed by atoms with Gasteiger partial charge in [0.2, 0.25) is 11.0 Å². The van der Waals surface area contributed by atoms with Crippen LogP contribution in [0, 0.1) is 5.92 Å². The van der Waals surface area contributed by atoms with E-state index in [2.05, 4.69) is 15.5 Å². The summed E-state index contributed by atoms with van der Waals surface area (Å²) in [5, 5.41) is 11.9. The van der Waals surface area contributed by atoms with E-state index in [1.165, 1.54) is 11.3 Å². The average Bonchev–Trinajstić information content (AvgIpc) is 3.26. The number of ether oxygens (including phenoxy) is 1. The predicted octanol–water partition coefficient (Wildman–Crippen LogP) is 0.197. The SMILES string of the molecule is Nc1nnc(CCNC(=O)C2CCN(C(=O)[C@H]3CCCO3)CC2)s1. The Hall–Kier alpha value is -1.74. The van der Waals surface area contributed by atoms with Crippen molar-refractivity contribution in [2.45, 2.75) is 38.2 Å². The fourth-order valence-corrected chi connectivity index (χ4v) is 3.75. The zero-order chi connectivity index (χ0) is 16.9. The van der Waals surface area contributed by atoms with Gasteiger partial charge in [-0.2, -0.15) is 0 Å². The van der Waals surface area contributed by atoms with Crippen molar-refractivity contribution >= 4 is 28.3 Å². The first-order valence-electron chi connectivity index (χ1n) is 8.39. The average molecular weight is 353 g/mol. The third-order valence-corrected chi connectivity index (χ3v) is 5.32. The van der Waals surface area contributed by atoms with Crippen molar-refractivity contribution in [2.24, 2.45) is 5.92 Å². The van der Waals surface area contributed by atoms with Crippen molar-refractivity contribution in [3.8, 4) is 0 Å². The molecule has 8 nitrogen and oxygen atoms in total. The van der Waals surface area contributed by atoms with Gasteiger partial charge in [0.1, 0.15) is 11.1 Å². The highest BCUT2D eigenvalue weighted by atomic mass is 32.1. The topological polar surface area (TPSA) is 110 Å². The fourth-order valence-electron chi connectivity index (χ4n) is 3.14. The Bertz CT molecular complexity index is 579. The van der Waals surface area contributed by atoms with E-state index in [-0.39, 0.29) is 23.8 Å². The lowest BCUT2D eigenvalue weighted by atomic mass is 9.95. The minimum Gasteiger partial charge on any atom is -0.374 e. The molecule has 0 saturated carbocycles. The second kappa shape index (κ2) is 7.89. The number of piperidine rings is 1. The van der Waals surface area contributed by atoms with Gasteiger partial charge in [-0.3, -0.25) is 9.59 Å². The Labute approximate surface area is 144 Å². The fraction of sp³-hybridized carbons (Fsp3) is 0.733. The van der Waals surface area contributed by atoms with Crippen LogP contribution < -0.4 is 11.1 Å². The zero-order valence-electron chi connectivity index (χ0n) is 13.6. The van der Waals surface area contributed by atoms with Crippen molar-refractivity contribution in [3.05, 3.63) is 5.01 Å². The Morgan fingerprint density at radius 1 is 1.29 bits per heavy atom. The number of hydrogen-bond donors (Lipinski definition) is 2. The van der Waals surface area contributed by atoms with E-state index in [0.29, 0.717) is 50.6 Å². The zero-order valence-corrected chi connectivity index (χ0v) is 14.4. The van der Waals surface area contributed by atoms with Gasteiger partial charge in [0.15, 0.2) is 0 Å². The molecule has 2 aliphatic rings. The summed E-state index contributed by atoms with van der Waals surface area (Å²) in [6.07, 6.45) is 3.54. The summed E-state index contributed by atoms with van der Waals surface area (Å²) in [6, 6.07) is 0. The highest BCUT2D eigenvalue weighted by molar-refractivity contribution is 7.15. The van der Waals surface area contributed by atoms with E-state index >= 15 is 0 Å². The smallest absolute Gasteiger partial charge is 0.251 e. The molecule has 0 aliphatic carbocycles. The van der Waals surface area contributed by atoms with Crippen molar-refractivity contribution < 1.29 is 14.3 Å². The van der Waals surface area contributed by atoms with Crippen LogP contribution in [0.15, 0.2) is 0 Å². The number of hydrogen-bond acceptors (Lipinski definition) is 7. The summed E-state index contributed by atoms with van der Waals surface area (Å²) in [6.45, 7) is 2.46. The second-order valence-corrected chi connectivity index (χ2v) is 7.27. The van der Waals surface area contributed by atoms with Gasteiger partial charge in [-0.15, -0.1) is 10.2 Å². The third kappa shape index (κ3) is 4.21. The molecule has 1 atom stereocenters. The Balaban J connectivity index is 1.37. The molecule has 0 unspecified atom stereocenters. The molecule has 2 amide bonds. The van der Waals surface area contributed by atoms with Crippen LogP contribution in [0.2, 0.25) is 0 Å². The van der Waals surface area contributed by atoms with E-state index in [1.54, 1.807) is 0 Å². The van der Waals surface area contributed by atoms with Crippen LogP contribution >= 0.6 is 11.3 Å². The summed E-state index contributed by atoms with van der Waals surface area (Å²) >= 11 is 1.34. The monoisotopic (exact) mass is 353 g/mol. The molecular formula is C15H23N5O3S. The van der Waals surface area contributed by atoms with Crippen LogP contribution in [-0.2, 0) is 20.7 Å². The molecule has 24 heavy (non-hydrogen) atoms. The van der Waals surface area contributed by atoms with E-state index in [4.69, 9.17) is 10.5 Å². The lowest BCUT2D eigenvalue weighted by Gasteiger charge is -2.32. The number of likely N-dealkylation sites (tertiary alicyclic amines) is 1. The van der Waals surface area contributed by atoms with Crippen molar-refractivity contribution in [3.63, 3.8) is 0 Å². The lowest BCUT2D eigenvalue weighted by molar-refractivity contribution is -0.143. The second-order valence-electron chi connectivity index (χ2n) is 6.18. The van der Waals surface area contributed by atoms with Crippen LogP contribution in [0.4, 0.5) is 5.13 Å². The molecule has 1 aromatic rings. The van der Waals surface area contributed by atoms with Crippen LogP contribution in [-0.4, -0.2) is 59.3 Å². The number of nitrogens with two attached hydrogens (primary N) is 1. The minimum absolute atomic E-state index is 0.0296. The molecule has 3 heterocycles. The molecule has 2 saturated heterocycles. The molecule has 0 spiro atoms. The standard InChI is InChI=1S/C15H23N5O3S/c16-15-19-18-12(24-15)3-6-17-13(21)10-4-7-20(8-5-10)14(22)11-2-1-9-23-11/h10-11H,1-9H2,(H2,16,19)(H,17,21)/t11-/m1/s1. The first kappa shape index (κ1) is 17.1. The lowest BCUT2D eigenvalue weighted by Crippen LogP contribution is -2.46. The van der Waals surface area contributed by atoms with Gasteiger partial charge >= 0.3 is 0 Å². The predicted molar refractivity (Wildman–Crippen MR) is 89.3 cm³/mol. The summed E-state index contributed by atoms with van der Waals surface area (Å²) in [5.41, 5.74) is 5.53. The molecular weight excluding hydrogens is 330 g/mol. The largest absolute Gasteiger partial charge is 0.374 e.